The lowest BCUT2D eigenvalue weighted by Gasteiger charge is -2.00. The molecule has 0 saturated carbocycles. The molecule has 1 rings (SSSR count). The second kappa shape index (κ2) is 10.7. The van der Waals surface area contributed by atoms with E-state index in [4.69, 9.17) is 0 Å². The Balaban J connectivity index is 1.78. The maximum absolute atomic E-state index is 3.47. The van der Waals surface area contributed by atoms with Gasteiger partial charge in [0, 0.05) is 5.33 Å². The van der Waals surface area contributed by atoms with E-state index in [9.17, 15) is 0 Å². The highest BCUT2D eigenvalue weighted by Crippen LogP contribution is 2.24. The van der Waals surface area contributed by atoms with E-state index in [1.54, 1.807) is 0 Å². The van der Waals surface area contributed by atoms with Crippen LogP contribution in [0.3, 0.4) is 0 Å². The van der Waals surface area contributed by atoms with Gasteiger partial charge in [-0.25, -0.2) is 0 Å². The summed E-state index contributed by atoms with van der Waals surface area (Å²) in [5, 5.41) is 3.33. The molecule has 1 aromatic rings. The van der Waals surface area contributed by atoms with Gasteiger partial charge in [0.05, 0.1) is 4.21 Å². The first-order valence-electron chi connectivity index (χ1n) is 6.16. The van der Waals surface area contributed by atoms with Crippen LogP contribution in [0.25, 0.3) is 0 Å². The molecule has 0 aromatic carbocycles. The largest absolute Gasteiger partial charge is 0.137 e. The minimum absolute atomic E-state index is 1.17. The van der Waals surface area contributed by atoms with Crippen molar-refractivity contribution in [1.29, 1.82) is 0 Å². The molecule has 0 aliphatic carbocycles. The molecule has 0 atom stereocenters. The van der Waals surface area contributed by atoms with Crippen molar-refractivity contribution >= 4 is 39.0 Å². The molecule has 0 radical (unpaired) electrons. The molecular formula is C13H21BrS2. The van der Waals surface area contributed by atoms with Gasteiger partial charge in [0.2, 0.25) is 0 Å². The zero-order chi connectivity index (χ0) is 11.5. The molecule has 0 bridgehead atoms. The number of alkyl halides is 1. The van der Waals surface area contributed by atoms with E-state index in [0.29, 0.717) is 0 Å². The summed E-state index contributed by atoms with van der Waals surface area (Å²) < 4.78 is 1.47. The van der Waals surface area contributed by atoms with Crippen molar-refractivity contribution in [2.24, 2.45) is 0 Å². The first-order valence-corrected chi connectivity index (χ1v) is 9.14. The van der Waals surface area contributed by atoms with Crippen molar-refractivity contribution in [2.75, 3.05) is 11.1 Å². The van der Waals surface area contributed by atoms with Gasteiger partial charge < -0.3 is 0 Å². The van der Waals surface area contributed by atoms with Gasteiger partial charge >= 0.3 is 0 Å². The van der Waals surface area contributed by atoms with Crippen LogP contribution in [0, 0.1) is 0 Å². The molecule has 1 heterocycles. The Labute approximate surface area is 116 Å². The predicted octanol–water partition coefficient (Wildman–Crippen LogP) is 5.97. The summed E-state index contributed by atoms with van der Waals surface area (Å²) in [6.45, 7) is 0. The van der Waals surface area contributed by atoms with Crippen LogP contribution in [0.1, 0.15) is 44.9 Å². The van der Waals surface area contributed by atoms with Crippen molar-refractivity contribution in [1.82, 2.24) is 0 Å². The minimum atomic E-state index is 1.17. The third kappa shape index (κ3) is 7.75. The summed E-state index contributed by atoms with van der Waals surface area (Å²) in [4.78, 5) is 0. The highest BCUT2D eigenvalue weighted by atomic mass is 79.9. The first-order chi connectivity index (χ1) is 7.93. The van der Waals surface area contributed by atoms with Crippen LogP contribution in [-0.4, -0.2) is 11.1 Å². The van der Waals surface area contributed by atoms with Gasteiger partial charge in [0.25, 0.3) is 0 Å². The normalized spacial score (nSPS) is 10.8. The third-order valence-corrected chi connectivity index (χ3v) is 5.30. The molecule has 16 heavy (non-hydrogen) atoms. The zero-order valence-corrected chi connectivity index (χ0v) is 13.0. The lowest BCUT2D eigenvalue weighted by atomic mass is 10.1. The second-order valence-corrected chi connectivity index (χ2v) is 7.08. The molecule has 0 fully saturated rings. The van der Waals surface area contributed by atoms with E-state index in [1.165, 1.54) is 60.2 Å². The molecule has 1 aromatic heterocycles. The quantitative estimate of drug-likeness (QED) is 0.291. The Morgan fingerprint density at radius 2 is 1.69 bits per heavy atom. The summed E-state index contributed by atoms with van der Waals surface area (Å²) in [7, 11) is 0. The molecule has 0 spiro atoms. The number of thiophene rings is 1. The summed E-state index contributed by atoms with van der Waals surface area (Å²) in [6.07, 6.45) is 9.80. The Bertz CT molecular complexity index is 234. The van der Waals surface area contributed by atoms with Crippen LogP contribution in [0.2, 0.25) is 0 Å². The topological polar surface area (TPSA) is 0 Å². The average Bonchev–Trinajstić information content (AvgIpc) is 2.80. The molecule has 0 unspecified atom stereocenters. The van der Waals surface area contributed by atoms with Crippen LogP contribution in [-0.2, 0) is 0 Å². The lowest BCUT2D eigenvalue weighted by Crippen LogP contribution is -1.83. The van der Waals surface area contributed by atoms with Crippen LogP contribution < -0.4 is 0 Å². The highest BCUT2D eigenvalue weighted by molar-refractivity contribution is 9.09. The fraction of sp³-hybridized carbons (Fsp3) is 0.692. The highest BCUT2D eigenvalue weighted by Gasteiger charge is 1.95. The molecule has 0 saturated heterocycles. The van der Waals surface area contributed by atoms with Crippen molar-refractivity contribution < 1.29 is 0 Å². The third-order valence-electron chi connectivity index (χ3n) is 2.52. The monoisotopic (exact) mass is 320 g/mol. The maximum Gasteiger partial charge on any atom is 0.0598 e. The standard InChI is InChI=1S/C13H21BrS2/c14-10-6-4-2-1-3-5-7-11-15-13-9-8-12-16-13/h8-9,12H,1-7,10-11H2. The summed E-state index contributed by atoms with van der Waals surface area (Å²) in [5.74, 6) is 1.29. The Morgan fingerprint density at radius 3 is 2.31 bits per heavy atom. The van der Waals surface area contributed by atoms with Gasteiger partial charge in [-0.15, -0.1) is 23.1 Å². The van der Waals surface area contributed by atoms with Gasteiger partial charge in [-0.1, -0.05) is 54.1 Å². The number of hydrogen-bond donors (Lipinski definition) is 0. The Kier molecular flexibility index (Phi) is 9.73. The molecular weight excluding hydrogens is 300 g/mol. The Hall–Kier alpha value is 0.530. The van der Waals surface area contributed by atoms with Crippen molar-refractivity contribution in [3.8, 4) is 0 Å². The molecule has 0 aliphatic heterocycles. The van der Waals surface area contributed by atoms with E-state index in [2.05, 4.69) is 33.4 Å². The predicted molar refractivity (Wildman–Crippen MR) is 81.2 cm³/mol. The van der Waals surface area contributed by atoms with Crippen molar-refractivity contribution in [3.63, 3.8) is 0 Å². The number of halogens is 1. The minimum Gasteiger partial charge on any atom is -0.137 e. The zero-order valence-electron chi connectivity index (χ0n) is 9.79. The summed E-state index contributed by atoms with van der Waals surface area (Å²) >= 11 is 7.34. The van der Waals surface area contributed by atoms with Gasteiger partial charge in [0.1, 0.15) is 0 Å². The molecule has 92 valence electrons. The van der Waals surface area contributed by atoms with E-state index in [0.717, 1.165) is 0 Å². The lowest BCUT2D eigenvalue weighted by molar-refractivity contribution is 0.606. The van der Waals surface area contributed by atoms with E-state index in [1.807, 2.05) is 23.1 Å². The number of unbranched alkanes of at least 4 members (excludes halogenated alkanes) is 6. The van der Waals surface area contributed by atoms with Crippen LogP contribution in [0.15, 0.2) is 21.7 Å². The van der Waals surface area contributed by atoms with Crippen molar-refractivity contribution in [3.05, 3.63) is 17.5 Å². The fourth-order valence-corrected chi connectivity index (χ4v) is 3.86. The molecule has 0 N–H and O–H groups in total. The maximum atomic E-state index is 3.47. The molecule has 0 nitrogen and oxygen atoms in total. The van der Waals surface area contributed by atoms with E-state index < -0.39 is 0 Å². The van der Waals surface area contributed by atoms with Gasteiger partial charge in [0.15, 0.2) is 0 Å². The summed E-state index contributed by atoms with van der Waals surface area (Å²) in [6, 6.07) is 4.35. The molecule has 3 heteroatoms. The number of thioether (sulfide) groups is 1. The van der Waals surface area contributed by atoms with Crippen LogP contribution in [0.4, 0.5) is 0 Å². The van der Waals surface area contributed by atoms with Crippen molar-refractivity contribution in [2.45, 2.75) is 49.2 Å². The summed E-state index contributed by atoms with van der Waals surface area (Å²) in [5.41, 5.74) is 0. The number of hydrogen-bond acceptors (Lipinski definition) is 2. The SMILES string of the molecule is BrCCCCCCCCCSc1cccs1. The van der Waals surface area contributed by atoms with E-state index >= 15 is 0 Å². The Morgan fingerprint density at radius 1 is 1.00 bits per heavy atom. The smallest absolute Gasteiger partial charge is 0.0598 e. The van der Waals surface area contributed by atoms with Crippen LogP contribution in [0.5, 0.6) is 0 Å². The molecule has 0 amide bonds. The second-order valence-electron chi connectivity index (χ2n) is 3.94. The van der Waals surface area contributed by atoms with Gasteiger partial charge in [-0.2, -0.15) is 0 Å². The van der Waals surface area contributed by atoms with E-state index in [-0.39, 0.29) is 0 Å². The first kappa shape index (κ1) is 14.6. The molecule has 0 aliphatic rings. The fourth-order valence-electron chi connectivity index (χ4n) is 1.60. The van der Waals surface area contributed by atoms with Crippen LogP contribution >= 0.6 is 39.0 Å². The number of rotatable bonds is 10. The average molecular weight is 321 g/mol. The van der Waals surface area contributed by atoms with Gasteiger partial charge in [-0.3, -0.25) is 0 Å². The van der Waals surface area contributed by atoms with Gasteiger partial charge in [-0.05, 0) is 30.0 Å².